The minimum absolute atomic E-state index is 0.117. The van der Waals surface area contributed by atoms with Crippen LogP contribution in [0, 0.1) is 13.8 Å². The maximum Gasteiger partial charge on any atom is 0.304 e. The number of pyridine rings is 2. The van der Waals surface area contributed by atoms with Gasteiger partial charge < -0.3 is 13.9 Å². The second-order valence-electron chi connectivity index (χ2n) is 6.58. The number of aryl methyl sites for hydroxylation is 2. The van der Waals surface area contributed by atoms with Gasteiger partial charge >= 0.3 is 5.97 Å². The minimum Gasteiger partial charge on any atom is -0.481 e. The number of aliphatic carboxylic acids is 1. The molecular weight excluding hydrogens is 360 g/mol. The van der Waals surface area contributed by atoms with Gasteiger partial charge in [-0.2, -0.15) is 0 Å². The van der Waals surface area contributed by atoms with E-state index >= 15 is 0 Å². The Hall–Kier alpha value is -2.80. The molecule has 0 aliphatic rings. The van der Waals surface area contributed by atoms with Crippen molar-refractivity contribution in [3.8, 4) is 0 Å². The summed E-state index contributed by atoms with van der Waals surface area (Å²) in [6.07, 6.45) is 4.77. The Morgan fingerprint density at radius 3 is 2.85 bits per heavy atom. The first-order chi connectivity index (χ1) is 13.0. The highest BCUT2D eigenvalue weighted by atomic mass is 32.2. The molecule has 0 aliphatic heterocycles. The molecule has 4 aromatic heterocycles. The van der Waals surface area contributed by atoms with Crippen LogP contribution in [0.5, 0.6) is 0 Å². The summed E-state index contributed by atoms with van der Waals surface area (Å²) in [4.78, 5) is 20.1. The molecule has 0 saturated heterocycles. The molecule has 4 rings (SSSR count). The van der Waals surface area contributed by atoms with Crippen molar-refractivity contribution >= 4 is 29.0 Å². The van der Waals surface area contributed by atoms with E-state index < -0.39 is 5.97 Å². The molecule has 4 aromatic rings. The summed E-state index contributed by atoms with van der Waals surface area (Å²) in [6.45, 7) is 4.12. The number of nitrogens with zero attached hydrogens (tertiary/aromatic N) is 4. The number of hydrogen-bond acceptors (Lipinski definition) is 4. The van der Waals surface area contributed by atoms with E-state index in [-0.39, 0.29) is 6.42 Å². The average Bonchev–Trinajstić information content (AvgIpc) is 3.18. The minimum atomic E-state index is -0.791. The first-order valence-electron chi connectivity index (χ1n) is 8.77. The van der Waals surface area contributed by atoms with E-state index in [4.69, 9.17) is 10.1 Å². The van der Waals surface area contributed by atoms with E-state index in [0.29, 0.717) is 12.2 Å². The van der Waals surface area contributed by atoms with E-state index in [1.54, 1.807) is 0 Å². The van der Waals surface area contributed by atoms with E-state index in [1.807, 2.05) is 30.5 Å². The van der Waals surface area contributed by atoms with Crippen molar-refractivity contribution in [1.82, 2.24) is 18.8 Å². The largest absolute Gasteiger partial charge is 0.481 e. The van der Waals surface area contributed by atoms with Crippen molar-refractivity contribution in [2.24, 2.45) is 0 Å². The third-order valence-electron chi connectivity index (χ3n) is 4.53. The van der Waals surface area contributed by atoms with Crippen molar-refractivity contribution in [1.29, 1.82) is 0 Å². The molecular formula is C20H20N4O2S. The van der Waals surface area contributed by atoms with Gasteiger partial charge in [-0.1, -0.05) is 12.1 Å². The van der Waals surface area contributed by atoms with Crippen LogP contribution < -0.4 is 0 Å². The Balaban J connectivity index is 1.78. The molecule has 0 fully saturated rings. The Kier molecular flexibility index (Phi) is 4.61. The van der Waals surface area contributed by atoms with Crippen molar-refractivity contribution in [3.63, 3.8) is 0 Å². The summed E-state index contributed by atoms with van der Waals surface area (Å²) < 4.78 is 4.26. The Morgan fingerprint density at radius 1 is 1.19 bits per heavy atom. The second-order valence-corrected chi connectivity index (χ2v) is 7.66. The number of aromatic nitrogens is 4. The lowest BCUT2D eigenvalue weighted by molar-refractivity contribution is -0.136. The van der Waals surface area contributed by atoms with Gasteiger partial charge in [-0.3, -0.25) is 4.79 Å². The van der Waals surface area contributed by atoms with Crippen LogP contribution in [0.3, 0.4) is 0 Å². The highest BCUT2D eigenvalue weighted by molar-refractivity contribution is 7.99. The third kappa shape index (κ3) is 3.42. The molecule has 0 atom stereocenters. The fourth-order valence-electron chi connectivity index (χ4n) is 3.26. The maximum absolute atomic E-state index is 10.9. The predicted molar refractivity (Wildman–Crippen MR) is 106 cm³/mol. The van der Waals surface area contributed by atoms with Crippen LogP contribution in [0.1, 0.15) is 29.1 Å². The van der Waals surface area contributed by atoms with Gasteiger partial charge in [0.1, 0.15) is 16.3 Å². The van der Waals surface area contributed by atoms with Gasteiger partial charge in [-0.05, 0) is 37.6 Å². The first kappa shape index (κ1) is 17.6. The fourth-order valence-corrected chi connectivity index (χ4v) is 4.23. The average molecular weight is 380 g/mol. The molecule has 0 unspecified atom stereocenters. The smallest absolute Gasteiger partial charge is 0.304 e. The summed E-state index contributed by atoms with van der Waals surface area (Å²) in [5.74, 6) is -0.293. The quantitative estimate of drug-likeness (QED) is 0.516. The molecule has 0 spiro atoms. The fraction of sp³-hybridized carbons (Fsp3) is 0.250. The third-order valence-corrected chi connectivity index (χ3v) is 5.54. The monoisotopic (exact) mass is 380 g/mol. The normalized spacial score (nSPS) is 11.5. The molecule has 4 heterocycles. The molecule has 1 N–H and O–H groups in total. The van der Waals surface area contributed by atoms with Gasteiger partial charge in [0.05, 0.1) is 12.1 Å². The van der Waals surface area contributed by atoms with Crippen molar-refractivity contribution < 1.29 is 9.90 Å². The van der Waals surface area contributed by atoms with E-state index in [1.165, 1.54) is 11.8 Å². The number of carboxylic acids is 1. The van der Waals surface area contributed by atoms with Gasteiger partial charge in [0.25, 0.3) is 0 Å². The summed E-state index contributed by atoms with van der Waals surface area (Å²) in [7, 11) is 0. The SMILES string of the molecule is Cc1ccc2nc(SCCC(=O)O)c(Cc3cnc4cccc(C)n34)n2c1. The van der Waals surface area contributed by atoms with E-state index in [0.717, 1.165) is 39.0 Å². The molecule has 27 heavy (non-hydrogen) atoms. The van der Waals surface area contributed by atoms with Gasteiger partial charge in [-0.15, -0.1) is 11.8 Å². The van der Waals surface area contributed by atoms with Gasteiger partial charge in [0, 0.05) is 36.0 Å². The molecule has 0 amide bonds. The summed E-state index contributed by atoms with van der Waals surface area (Å²) in [6, 6.07) is 10.1. The molecule has 138 valence electrons. The Bertz CT molecular complexity index is 1150. The van der Waals surface area contributed by atoms with Crippen LogP contribution in [-0.2, 0) is 11.2 Å². The molecule has 0 aliphatic carbocycles. The molecule has 0 radical (unpaired) electrons. The molecule has 7 heteroatoms. The van der Waals surface area contributed by atoms with Gasteiger partial charge in [0.2, 0.25) is 0 Å². The number of thioether (sulfide) groups is 1. The van der Waals surface area contributed by atoms with E-state index in [9.17, 15) is 4.79 Å². The Labute approximate surface area is 160 Å². The molecule has 0 bridgehead atoms. The zero-order valence-electron chi connectivity index (χ0n) is 15.2. The lowest BCUT2D eigenvalue weighted by Crippen LogP contribution is -2.02. The number of hydrogen-bond donors (Lipinski definition) is 1. The number of carboxylic acid groups (broad SMARTS) is 1. The van der Waals surface area contributed by atoms with E-state index in [2.05, 4.69) is 39.9 Å². The van der Waals surface area contributed by atoms with Crippen molar-refractivity contribution in [2.75, 3.05) is 5.75 Å². The van der Waals surface area contributed by atoms with Gasteiger partial charge in [0.15, 0.2) is 0 Å². The molecule has 6 nitrogen and oxygen atoms in total. The standard InChI is InChI=1S/C20H20N4O2S/c1-13-6-7-18-22-20(27-9-8-19(25)26)16(23(18)12-13)10-15-11-21-17-5-3-4-14(2)24(15)17/h3-7,11-12H,8-10H2,1-2H3,(H,25,26). The second kappa shape index (κ2) is 7.08. The summed E-state index contributed by atoms with van der Waals surface area (Å²) in [5, 5.41) is 9.82. The van der Waals surface area contributed by atoms with Crippen LogP contribution in [0.25, 0.3) is 11.3 Å². The zero-order chi connectivity index (χ0) is 19.0. The lowest BCUT2D eigenvalue weighted by Gasteiger charge is -2.08. The van der Waals surface area contributed by atoms with Crippen LogP contribution in [0.4, 0.5) is 0 Å². The first-order valence-corrected chi connectivity index (χ1v) is 9.75. The van der Waals surface area contributed by atoms with Crippen LogP contribution in [0.2, 0.25) is 0 Å². The highest BCUT2D eigenvalue weighted by Crippen LogP contribution is 2.27. The summed E-state index contributed by atoms with van der Waals surface area (Å²) >= 11 is 1.50. The Morgan fingerprint density at radius 2 is 2.04 bits per heavy atom. The van der Waals surface area contributed by atoms with Crippen LogP contribution in [0.15, 0.2) is 47.8 Å². The molecule has 0 aromatic carbocycles. The van der Waals surface area contributed by atoms with Crippen LogP contribution >= 0.6 is 11.8 Å². The highest BCUT2D eigenvalue weighted by Gasteiger charge is 2.16. The van der Waals surface area contributed by atoms with Gasteiger partial charge in [-0.25, -0.2) is 9.97 Å². The number of carbonyl (C=O) groups is 1. The van der Waals surface area contributed by atoms with Crippen LogP contribution in [-0.4, -0.2) is 35.6 Å². The number of imidazole rings is 2. The van der Waals surface area contributed by atoms with Crippen molar-refractivity contribution in [3.05, 3.63) is 65.4 Å². The number of fused-ring (bicyclic) bond motifs is 2. The lowest BCUT2D eigenvalue weighted by atomic mass is 10.2. The number of rotatable bonds is 6. The summed E-state index contributed by atoms with van der Waals surface area (Å²) in [5.41, 5.74) is 6.23. The van der Waals surface area contributed by atoms with Crippen molar-refractivity contribution in [2.45, 2.75) is 31.7 Å². The predicted octanol–water partition coefficient (Wildman–Crippen LogP) is 3.76. The topological polar surface area (TPSA) is 71.9 Å². The maximum atomic E-state index is 10.9. The zero-order valence-corrected chi connectivity index (χ0v) is 16.0. The molecule has 0 saturated carbocycles.